The Bertz CT molecular complexity index is 343. The summed E-state index contributed by atoms with van der Waals surface area (Å²) in [4.78, 5) is 4.42. The van der Waals surface area contributed by atoms with Gasteiger partial charge in [-0.25, -0.2) is 13.1 Å². The lowest BCUT2D eigenvalue weighted by Gasteiger charge is -2.37. The summed E-state index contributed by atoms with van der Waals surface area (Å²) in [6.07, 6.45) is 0.548. The first kappa shape index (κ1) is 15.8. The Labute approximate surface area is 111 Å². The fourth-order valence-electron chi connectivity index (χ4n) is 2.16. The van der Waals surface area contributed by atoms with E-state index in [0.717, 1.165) is 19.6 Å². The minimum Gasteiger partial charge on any atom is -0.329 e. The third kappa shape index (κ3) is 4.17. The highest BCUT2D eigenvalue weighted by Crippen LogP contribution is 2.07. The topological polar surface area (TPSA) is 78.7 Å². The Kier molecular flexibility index (Phi) is 6.00. The molecule has 1 aliphatic rings. The molecule has 0 aliphatic carbocycles. The van der Waals surface area contributed by atoms with Crippen molar-refractivity contribution in [2.75, 3.05) is 46.8 Å². The van der Waals surface area contributed by atoms with Crippen LogP contribution in [0.15, 0.2) is 0 Å². The number of likely N-dealkylation sites (N-methyl/N-ethyl adjacent to an activating group) is 2. The van der Waals surface area contributed by atoms with Crippen LogP contribution in [0.25, 0.3) is 0 Å². The monoisotopic (exact) mass is 278 g/mol. The summed E-state index contributed by atoms with van der Waals surface area (Å²) in [6.45, 7) is 5.36. The lowest BCUT2D eigenvalue weighted by Crippen LogP contribution is -2.55. The van der Waals surface area contributed by atoms with Gasteiger partial charge in [-0.05, 0) is 20.5 Å². The second-order valence-corrected chi connectivity index (χ2v) is 7.10. The molecule has 7 heteroatoms. The van der Waals surface area contributed by atoms with Crippen molar-refractivity contribution < 1.29 is 8.42 Å². The number of hydrogen-bond donors (Lipinski definition) is 2. The van der Waals surface area contributed by atoms with E-state index in [0.29, 0.717) is 13.0 Å². The quantitative estimate of drug-likeness (QED) is 0.644. The van der Waals surface area contributed by atoms with Gasteiger partial charge in [-0.1, -0.05) is 6.92 Å². The Hall–Kier alpha value is -0.210. The summed E-state index contributed by atoms with van der Waals surface area (Å²) in [6, 6.07) is 0.230. The van der Waals surface area contributed by atoms with Gasteiger partial charge < -0.3 is 10.6 Å². The van der Waals surface area contributed by atoms with Crippen molar-refractivity contribution in [2.24, 2.45) is 5.73 Å². The molecule has 1 rings (SSSR count). The number of nitrogens with one attached hydrogen (secondary N) is 1. The summed E-state index contributed by atoms with van der Waals surface area (Å²) in [5.74, 6) is 0. The minimum absolute atomic E-state index is 0.173. The van der Waals surface area contributed by atoms with Crippen LogP contribution in [-0.2, 0) is 10.0 Å². The van der Waals surface area contributed by atoms with E-state index in [1.165, 1.54) is 0 Å². The fraction of sp³-hybridized carbons (Fsp3) is 1.00. The van der Waals surface area contributed by atoms with Gasteiger partial charge in [0.2, 0.25) is 10.0 Å². The van der Waals surface area contributed by atoms with Gasteiger partial charge in [-0.2, -0.15) is 0 Å². The largest absolute Gasteiger partial charge is 0.329 e. The highest BCUT2D eigenvalue weighted by atomic mass is 32.2. The van der Waals surface area contributed by atoms with E-state index < -0.39 is 15.3 Å². The molecule has 1 heterocycles. The van der Waals surface area contributed by atoms with Gasteiger partial charge in [0.15, 0.2) is 0 Å². The number of nitrogens with zero attached hydrogens (tertiary/aromatic N) is 2. The van der Waals surface area contributed by atoms with Crippen LogP contribution in [0.2, 0.25) is 0 Å². The van der Waals surface area contributed by atoms with Gasteiger partial charge in [-0.3, -0.25) is 4.90 Å². The van der Waals surface area contributed by atoms with Crippen LogP contribution in [0.1, 0.15) is 13.3 Å². The molecule has 0 aromatic carbocycles. The molecule has 0 spiro atoms. The average molecular weight is 278 g/mol. The van der Waals surface area contributed by atoms with E-state index in [-0.39, 0.29) is 12.6 Å². The third-order valence-corrected chi connectivity index (χ3v) is 5.63. The molecule has 0 amide bonds. The smallest absolute Gasteiger partial charge is 0.215 e. The maximum absolute atomic E-state index is 12.0. The number of nitrogens with two attached hydrogens (primary N) is 1. The number of hydrogen-bond acceptors (Lipinski definition) is 5. The predicted octanol–water partition coefficient (Wildman–Crippen LogP) is -1.11. The first-order valence-corrected chi connectivity index (χ1v) is 8.02. The molecule has 0 aromatic rings. The van der Waals surface area contributed by atoms with E-state index in [1.54, 1.807) is 0 Å². The molecule has 2 atom stereocenters. The normalized spacial score (nSPS) is 25.2. The zero-order chi connectivity index (χ0) is 13.8. The fourth-order valence-corrected chi connectivity index (χ4v) is 3.52. The third-order valence-electron chi connectivity index (χ3n) is 3.66. The van der Waals surface area contributed by atoms with Gasteiger partial charge in [0.25, 0.3) is 0 Å². The Morgan fingerprint density at radius 3 is 2.61 bits per heavy atom. The summed E-state index contributed by atoms with van der Waals surface area (Å²) in [7, 11) is 0.810. The Morgan fingerprint density at radius 2 is 2.06 bits per heavy atom. The zero-order valence-corrected chi connectivity index (χ0v) is 12.4. The van der Waals surface area contributed by atoms with E-state index in [9.17, 15) is 8.42 Å². The molecule has 1 aliphatic heterocycles. The van der Waals surface area contributed by atoms with Gasteiger partial charge in [0.1, 0.15) is 0 Å². The van der Waals surface area contributed by atoms with E-state index >= 15 is 0 Å². The second kappa shape index (κ2) is 6.81. The van der Waals surface area contributed by atoms with E-state index in [2.05, 4.69) is 21.6 Å². The molecule has 1 saturated heterocycles. The van der Waals surface area contributed by atoms with Crippen molar-refractivity contribution in [3.05, 3.63) is 0 Å². The van der Waals surface area contributed by atoms with Gasteiger partial charge in [0, 0.05) is 38.8 Å². The molecule has 0 aromatic heterocycles. The molecule has 0 radical (unpaired) electrons. The second-order valence-electron chi connectivity index (χ2n) is 5.06. The Morgan fingerprint density at radius 1 is 1.39 bits per heavy atom. The lowest BCUT2D eigenvalue weighted by molar-refractivity contribution is 0.117. The van der Waals surface area contributed by atoms with Crippen LogP contribution in [0, 0.1) is 0 Å². The number of sulfonamides is 1. The van der Waals surface area contributed by atoms with Gasteiger partial charge in [-0.15, -0.1) is 0 Å². The van der Waals surface area contributed by atoms with Crippen LogP contribution in [0.4, 0.5) is 0 Å². The van der Waals surface area contributed by atoms with Crippen molar-refractivity contribution in [3.8, 4) is 0 Å². The van der Waals surface area contributed by atoms with Crippen LogP contribution in [0.5, 0.6) is 0 Å². The summed E-state index contributed by atoms with van der Waals surface area (Å²) >= 11 is 0. The predicted molar refractivity (Wildman–Crippen MR) is 74.0 cm³/mol. The van der Waals surface area contributed by atoms with Crippen molar-refractivity contribution >= 4 is 10.0 Å². The molecule has 0 saturated carbocycles. The average Bonchev–Trinajstić information content (AvgIpc) is 2.31. The number of piperazine rings is 1. The molecule has 2 unspecified atom stereocenters. The molecular weight excluding hydrogens is 252 g/mol. The maximum Gasteiger partial charge on any atom is 0.215 e. The van der Waals surface area contributed by atoms with Gasteiger partial charge in [0.05, 0.1) is 5.25 Å². The number of rotatable bonds is 6. The maximum atomic E-state index is 12.0. The summed E-state index contributed by atoms with van der Waals surface area (Å²) < 4.78 is 26.7. The zero-order valence-electron chi connectivity index (χ0n) is 11.6. The summed E-state index contributed by atoms with van der Waals surface area (Å²) in [5.41, 5.74) is 5.49. The van der Waals surface area contributed by atoms with E-state index in [4.69, 9.17) is 5.73 Å². The Balaban J connectivity index is 2.53. The molecule has 6 nitrogen and oxygen atoms in total. The molecule has 108 valence electrons. The van der Waals surface area contributed by atoms with Crippen LogP contribution < -0.4 is 10.5 Å². The lowest BCUT2D eigenvalue weighted by atomic mass is 10.2. The molecule has 18 heavy (non-hydrogen) atoms. The SMILES string of the molecule is CCC(CN)S(=O)(=O)NCC1CN(C)CCN1C. The standard InChI is InChI=1S/C11H26N4O2S/c1-4-11(7-12)18(16,17)13-8-10-9-14(2)5-6-15(10)3/h10-11,13H,4-9,12H2,1-3H3. The first-order chi connectivity index (χ1) is 8.40. The highest BCUT2D eigenvalue weighted by molar-refractivity contribution is 7.90. The molecule has 3 N–H and O–H groups in total. The van der Waals surface area contributed by atoms with Crippen LogP contribution in [-0.4, -0.2) is 76.3 Å². The van der Waals surface area contributed by atoms with Gasteiger partial charge >= 0.3 is 0 Å². The highest BCUT2D eigenvalue weighted by Gasteiger charge is 2.26. The molecule has 1 fully saturated rings. The summed E-state index contributed by atoms with van der Waals surface area (Å²) in [5, 5.41) is -0.482. The van der Waals surface area contributed by atoms with Crippen LogP contribution in [0.3, 0.4) is 0 Å². The van der Waals surface area contributed by atoms with Crippen molar-refractivity contribution in [1.82, 2.24) is 14.5 Å². The molecule has 0 bridgehead atoms. The first-order valence-electron chi connectivity index (χ1n) is 6.48. The molecular formula is C11H26N4O2S. The minimum atomic E-state index is -3.28. The van der Waals surface area contributed by atoms with Crippen molar-refractivity contribution in [3.63, 3.8) is 0 Å². The van der Waals surface area contributed by atoms with Crippen molar-refractivity contribution in [2.45, 2.75) is 24.6 Å². The van der Waals surface area contributed by atoms with Crippen molar-refractivity contribution in [1.29, 1.82) is 0 Å². The van der Waals surface area contributed by atoms with Crippen LogP contribution >= 0.6 is 0 Å². The van der Waals surface area contributed by atoms with E-state index in [1.807, 2.05) is 14.0 Å².